The summed E-state index contributed by atoms with van der Waals surface area (Å²) >= 11 is 0. The van der Waals surface area contributed by atoms with Gasteiger partial charge in [-0.15, -0.1) is 0 Å². The molecule has 1 aliphatic rings. The minimum atomic E-state index is -3.37. The molecule has 1 saturated heterocycles. The third kappa shape index (κ3) is 15.0. The predicted molar refractivity (Wildman–Crippen MR) is 281 cm³/mol. The molecule has 1 amide bonds. The normalized spacial score (nSPS) is 14.1. The Morgan fingerprint density at radius 1 is 0.753 bits per heavy atom. The van der Waals surface area contributed by atoms with Crippen molar-refractivity contribution in [1.29, 1.82) is 0 Å². The molecule has 1 aliphatic heterocycles. The quantitative estimate of drug-likeness (QED) is 0.0575. The standard InChI is InChI=1S/C25H39N7O4S.C25H35N7O4/c1-18(2)22-17-26-32-23(22)28-25(36-14-13-31(6)37(33,34)15-9-12-30(4)5)29-24(32)27-19(3)20-10-8-11-21(16-20)35-7;1-6-16(2)21-15-27-32-22(21)29-24(35-11-10-31(4)25(33)36-20-13-26-14-20)30-23(32)28-17(3)18-8-7-9-19(12-18)34-5/h8,10-11,16-19H,9,12-15H2,1-7H3,(H,27,28,29);7-9,12,15-17,20,26H,6,10-11,13-14H2,1-5H3,(H,28,29,30)/t19-;16?,17-/m00/s1. The predicted octanol–water partition coefficient (Wildman–Crippen LogP) is 6.26. The maximum atomic E-state index is 12.6. The number of methoxy groups -OCH3 is 2. The summed E-state index contributed by atoms with van der Waals surface area (Å²) in [6, 6.07) is 15.9. The van der Waals surface area contributed by atoms with Gasteiger partial charge in [-0.2, -0.15) is 39.2 Å². The summed E-state index contributed by atoms with van der Waals surface area (Å²) in [6.45, 7) is 15.5. The molecule has 3 atom stereocenters. The zero-order chi connectivity index (χ0) is 52.8. The van der Waals surface area contributed by atoms with E-state index in [4.69, 9.17) is 23.7 Å². The fourth-order valence-electron chi connectivity index (χ4n) is 7.48. The Labute approximate surface area is 429 Å². The topological polar surface area (TPSA) is 229 Å². The van der Waals surface area contributed by atoms with Crippen molar-refractivity contribution in [2.45, 2.75) is 84.4 Å². The number of hydrogen-bond donors (Lipinski definition) is 3. The molecule has 0 aliphatic carbocycles. The molecule has 3 N–H and O–H groups in total. The number of rotatable bonds is 25. The number of anilines is 2. The van der Waals surface area contributed by atoms with Crippen LogP contribution in [0.25, 0.3) is 11.3 Å². The van der Waals surface area contributed by atoms with Gasteiger partial charge in [0.05, 0.1) is 51.0 Å². The second kappa shape index (κ2) is 25.9. The van der Waals surface area contributed by atoms with E-state index in [9.17, 15) is 13.2 Å². The van der Waals surface area contributed by atoms with E-state index in [0.717, 1.165) is 40.2 Å². The summed E-state index contributed by atoms with van der Waals surface area (Å²) in [5, 5.41) is 19.0. The van der Waals surface area contributed by atoms with Gasteiger partial charge < -0.3 is 49.4 Å². The van der Waals surface area contributed by atoms with E-state index in [2.05, 4.69) is 73.8 Å². The average Bonchev–Trinajstić information content (AvgIpc) is 4.00. The smallest absolute Gasteiger partial charge is 0.409 e. The van der Waals surface area contributed by atoms with Gasteiger partial charge in [0.25, 0.3) is 0 Å². The van der Waals surface area contributed by atoms with Gasteiger partial charge in [-0.05, 0) is 94.6 Å². The van der Waals surface area contributed by atoms with Crippen molar-refractivity contribution in [1.82, 2.24) is 58.6 Å². The zero-order valence-electron chi connectivity index (χ0n) is 44.3. The highest BCUT2D eigenvalue weighted by Crippen LogP contribution is 2.29. The first-order valence-electron chi connectivity index (χ1n) is 24.7. The van der Waals surface area contributed by atoms with Crippen molar-refractivity contribution in [2.24, 2.45) is 0 Å². The fraction of sp³-hybridized carbons (Fsp3) is 0.540. The number of aromatic nitrogens is 8. The molecule has 0 bridgehead atoms. The molecule has 4 aromatic heterocycles. The molecule has 2 aromatic carbocycles. The monoisotopic (exact) mass is 1030 g/mol. The Balaban J connectivity index is 0.000000238. The fourth-order valence-corrected chi connectivity index (χ4v) is 8.64. The first-order valence-corrected chi connectivity index (χ1v) is 26.3. The number of fused-ring (bicyclic) bond motifs is 2. The second-order valence-corrected chi connectivity index (χ2v) is 20.9. The number of carbonyl (C=O) groups is 1. The van der Waals surface area contributed by atoms with E-state index >= 15 is 0 Å². The molecule has 1 unspecified atom stereocenters. The molecule has 398 valence electrons. The molecule has 6 aromatic rings. The van der Waals surface area contributed by atoms with Crippen LogP contribution in [0.1, 0.15) is 101 Å². The van der Waals surface area contributed by atoms with Gasteiger partial charge in [0.1, 0.15) is 30.8 Å². The zero-order valence-corrected chi connectivity index (χ0v) is 45.1. The van der Waals surface area contributed by atoms with Gasteiger partial charge >= 0.3 is 18.1 Å². The Bertz CT molecular complexity index is 2840. The lowest BCUT2D eigenvalue weighted by Gasteiger charge is -2.28. The van der Waals surface area contributed by atoms with Gasteiger partial charge in [-0.1, -0.05) is 52.0 Å². The summed E-state index contributed by atoms with van der Waals surface area (Å²) in [5.74, 6) is 3.11. The molecule has 0 radical (unpaired) electrons. The van der Waals surface area contributed by atoms with Crippen LogP contribution in [-0.2, 0) is 14.8 Å². The van der Waals surface area contributed by atoms with Gasteiger partial charge in [0.2, 0.25) is 21.9 Å². The van der Waals surface area contributed by atoms with Crippen LogP contribution < -0.4 is 34.9 Å². The maximum absolute atomic E-state index is 12.6. The number of ether oxygens (including phenoxy) is 5. The number of likely N-dealkylation sites (N-methyl/N-ethyl adjacent to an activating group) is 2. The van der Waals surface area contributed by atoms with Crippen LogP contribution in [-0.4, -0.2) is 168 Å². The van der Waals surface area contributed by atoms with Crippen molar-refractivity contribution in [3.05, 3.63) is 83.2 Å². The van der Waals surface area contributed by atoms with Gasteiger partial charge in [-0.3, -0.25) is 0 Å². The lowest BCUT2D eigenvalue weighted by atomic mass is 10.0. The number of benzene rings is 2. The van der Waals surface area contributed by atoms with E-state index in [1.165, 1.54) is 9.21 Å². The van der Waals surface area contributed by atoms with Crippen LogP contribution in [0.4, 0.5) is 16.7 Å². The number of nitrogens with one attached hydrogen (secondary N) is 3. The van der Waals surface area contributed by atoms with Crippen molar-refractivity contribution >= 4 is 39.3 Å². The largest absolute Gasteiger partial charge is 0.497 e. The van der Waals surface area contributed by atoms with Crippen LogP contribution in [0.5, 0.6) is 23.5 Å². The first-order chi connectivity index (χ1) is 34.9. The molecule has 0 saturated carbocycles. The first kappa shape index (κ1) is 55.7. The van der Waals surface area contributed by atoms with Crippen LogP contribution in [0, 0.1) is 0 Å². The molecule has 22 nitrogen and oxygen atoms in total. The molecule has 73 heavy (non-hydrogen) atoms. The van der Waals surface area contributed by atoms with E-state index < -0.39 is 10.0 Å². The Morgan fingerprint density at radius 3 is 1.75 bits per heavy atom. The highest BCUT2D eigenvalue weighted by atomic mass is 32.2. The molecule has 1 fully saturated rings. The third-order valence-corrected chi connectivity index (χ3v) is 14.4. The SMILES string of the molecule is CCC(C)c1cnn2c(N[C@@H](C)c3cccc(OC)c3)nc(OCCN(C)C(=O)OC3CNC3)nc12.COc1cccc([C@H](C)Nc2nc(OCCN(C)S(=O)(=O)CCCN(C)C)nc3c(C(C)C)cnn23)c1. The summed E-state index contributed by atoms with van der Waals surface area (Å²) in [6.07, 6.45) is 4.71. The van der Waals surface area contributed by atoms with Gasteiger partial charge in [0.15, 0.2) is 11.3 Å². The number of carbonyl (C=O) groups excluding carboxylic acids is 1. The number of nitrogens with zero attached hydrogens (tertiary/aromatic N) is 11. The highest BCUT2D eigenvalue weighted by Gasteiger charge is 2.25. The summed E-state index contributed by atoms with van der Waals surface area (Å²) in [7, 11) is 7.02. The molecular formula is C50H74N14O8S. The number of hydrogen-bond acceptors (Lipinski definition) is 18. The second-order valence-electron chi connectivity index (χ2n) is 18.7. The van der Waals surface area contributed by atoms with E-state index in [1.54, 1.807) is 43.5 Å². The Morgan fingerprint density at radius 2 is 1.27 bits per heavy atom. The lowest BCUT2D eigenvalue weighted by Crippen LogP contribution is -2.51. The van der Waals surface area contributed by atoms with Crippen molar-refractivity contribution in [3.63, 3.8) is 0 Å². The number of amides is 1. The summed E-state index contributed by atoms with van der Waals surface area (Å²) in [5.41, 5.74) is 5.39. The Kier molecular flexibility index (Phi) is 19.8. The average molecular weight is 1030 g/mol. The summed E-state index contributed by atoms with van der Waals surface area (Å²) < 4.78 is 57.7. The van der Waals surface area contributed by atoms with Crippen molar-refractivity contribution in [3.8, 4) is 23.5 Å². The molecule has 23 heteroatoms. The molecule has 5 heterocycles. The van der Waals surface area contributed by atoms with Crippen LogP contribution in [0.15, 0.2) is 60.9 Å². The third-order valence-electron chi connectivity index (χ3n) is 12.5. The highest BCUT2D eigenvalue weighted by molar-refractivity contribution is 7.89. The van der Waals surface area contributed by atoms with Crippen LogP contribution in [0.2, 0.25) is 0 Å². The van der Waals surface area contributed by atoms with Gasteiger partial charge in [-0.25, -0.2) is 17.5 Å². The lowest BCUT2D eigenvalue weighted by molar-refractivity contribution is 0.0416. The minimum absolute atomic E-state index is 0.0624. The molecule has 7 rings (SSSR count). The summed E-state index contributed by atoms with van der Waals surface area (Å²) in [4.78, 5) is 34.1. The van der Waals surface area contributed by atoms with Crippen molar-refractivity contribution in [2.75, 3.05) is 105 Å². The minimum Gasteiger partial charge on any atom is -0.497 e. The van der Waals surface area contributed by atoms with Crippen LogP contribution >= 0.6 is 0 Å². The van der Waals surface area contributed by atoms with Crippen molar-refractivity contribution < 1.29 is 36.9 Å². The van der Waals surface area contributed by atoms with E-state index in [1.807, 2.05) is 87.6 Å². The Hall–Kier alpha value is -6.56. The van der Waals surface area contributed by atoms with E-state index in [-0.39, 0.29) is 73.6 Å². The van der Waals surface area contributed by atoms with E-state index in [0.29, 0.717) is 55.8 Å². The molecular weight excluding hydrogens is 957 g/mol. The number of sulfonamides is 1. The molecule has 0 spiro atoms. The van der Waals surface area contributed by atoms with Crippen LogP contribution in [0.3, 0.4) is 0 Å². The maximum Gasteiger partial charge on any atom is 0.409 e. The van der Waals surface area contributed by atoms with Gasteiger partial charge in [0, 0.05) is 44.9 Å².